The fourth-order valence-corrected chi connectivity index (χ4v) is 3.60. The molecule has 0 N–H and O–H groups in total. The lowest BCUT2D eigenvalue weighted by Crippen LogP contribution is -2.11. The highest BCUT2D eigenvalue weighted by molar-refractivity contribution is 5.74. The van der Waals surface area contributed by atoms with Gasteiger partial charge in [0, 0.05) is 12.8 Å². The summed E-state index contributed by atoms with van der Waals surface area (Å²) in [5.74, 6) is 0.0544. The number of carbonyl (C=O) groups excluding carboxylic acids is 2. The van der Waals surface area contributed by atoms with Gasteiger partial charge in [0.15, 0.2) is 0 Å². The molecule has 1 aromatic rings. The zero-order valence-corrected chi connectivity index (χ0v) is 20.0. The van der Waals surface area contributed by atoms with E-state index in [-0.39, 0.29) is 24.8 Å². The van der Waals surface area contributed by atoms with Crippen molar-refractivity contribution in [2.75, 3.05) is 6.61 Å². The van der Waals surface area contributed by atoms with E-state index in [9.17, 15) is 9.59 Å². The van der Waals surface area contributed by atoms with E-state index in [2.05, 4.69) is 6.92 Å². The van der Waals surface area contributed by atoms with Crippen molar-refractivity contribution in [2.24, 2.45) is 0 Å². The molecule has 0 heterocycles. The maximum absolute atomic E-state index is 11.9. The number of hydrogen-bond donors (Lipinski definition) is 0. The van der Waals surface area contributed by atoms with Gasteiger partial charge in [-0.15, -0.1) is 0 Å². The van der Waals surface area contributed by atoms with Crippen LogP contribution in [0.25, 0.3) is 0 Å². The summed E-state index contributed by atoms with van der Waals surface area (Å²) in [6.07, 6.45) is 17.9. The average Bonchev–Trinajstić information content (AvgIpc) is 2.75. The predicted molar refractivity (Wildman–Crippen MR) is 127 cm³/mol. The first-order valence-electron chi connectivity index (χ1n) is 12.6. The molecular formula is C27H44O4. The van der Waals surface area contributed by atoms with Crippen LogP contribution in [0.4, 0.5) is 0 Å². The number of ether oxygens (including phenoxy) is 2. The molecule has 0 saturated heterocycles. The molecule has 0 aliphatic heterocycles. The number of carbonyl (C=O) groups is 2. The number of benzene rings is 1. The number of rotatable bonds is 19. The van der Waals surface area contributed by atoms with Crippen LogP contribution >= 0.6 is 0 Å². The molecule has 0 aliphatic rings. The Morgan fingerprint density at radius 2 is 1.19 bits per heavy atom. The summed E-state index contributed by atoms with van der Waals surface area (Å²) in [5, 5.41) is 0. The quantitative estimate of drug-likeness (QED) is 0.128. The third kappa shape index (κ3) is 15.6. The molecule has 0 amide bonds. The molecule has 0 radical (unpaired) electrons. The number of unbranched alkanes of at least 4 members (excludes halogenated alkanes) is 12. The van der Waals surface area contributed by atoms with Gasteiger partial charge < -0.3 is 9.47 Å². The fraction of sp³-hybridized carbons (Fsp3) is 0.704. The van der Waals surface area contributed by atoms with E-state index in [1.54, 1.807) is 6.07 Å². The van der Waals surface area contributed by atoms with Crippen LogP contribution in [0.5, 0.6) is 5.75 Å². The van der Waals surface area contributed by atoms with Crippen LogP contribution in [-0.4, -0.2) is 18.5 Å². The van der Waals surface area contributed by atoms with Gasteiger partial charge in [-0.25, -0.2) is 0 Å². The zero-order chi connectivity index (χ0) is 22.6. The van der Waals surface area contributed by atoms with Gasteiger partial charge in [-0.05, 0) is 31.4 Å². The molecule has 176 valence electrons. The lowest BCUT2D eigenvalue weighted by molar-refractivity contribution is -0.144. The first-order chi connectivity index (χ1) is 15.1. The standard InChI is InChI=1S/C27H44O4/c1-3-4-5-6-7-8-9-10-11-12-13-14-17-23-30-26(28)21-18-22-27(29)31-25-20-16-15-19-24(25)2/h15-16,19-20H,3-14,17-18,21-23H2,1-2H3. The molecule has 4 heteroatoms. The molecule has 1 rings (SSSR count). The van der Waals surface area contributed by atoms with Gasteiger partial charge in [-0.2, -0.15) is 0 Å². The second kappa shape index (κ2) is 18.9. The van der Waals surface area contributed by atoms with Crippen molar-refractivity contribution in [3.8, 4) is 5.75 Å². The number of hydrogen-bond acceptors (Lipinski definition) is 4. The Labute approximate surface area is 190 Å². The molecule has 0 spiro atoms. The Kier molecular flexibility index (Phi) is 16.6. The van der Waals surface area contributed by atoms with E-state index >= 15 is 0 Å². The van der Waals surface area contributed by atoms with E-state index in [1.807, 2.05) is 25.1 Å². The minimum absolute atomic E-state index is 0.220. The first-order valence-corrected chi connectivity index (χ1v) is 12.6. The third-order valence-corrected chi connectivity index (χ3v) is 5.59. The average molecular weight is 433 g/mol. The zero-order valence-electron chi connectivity index (χ0n) is 20.0. The maximum Gasteiger partial charge on any atom is 0.311 e. The lowest BCUT2D eigenvalue weighted by Gasteiger charge is -2.07. The molecule has 0 bridgehead atoms. The summed E-state index contributed by atoms with van der Waals surface area (Å²) >= 11 is 0. The smallest absolute Gasteiger partial charge is 0.311 e. The molecule has 0 aromatic heterocycles. The number of esters is 2. The molecular weight excluding hydrogens is 388 g/mol. The van der Waals surface area contributed by atoms with Crippen LogP contribution in [0.1, 0.15) is 115 Å². The van der Waals surface area contributed by atoms with Gasteiger partial charge in [0.05, 0.1) is 6.61 Å². The number of aryl methyl sites for hydroxylation is 1. The Bertz CT molecular complexity index is 597. The van der Waals surface area contributed by atoms with E-state index in [0.717, 1.165) is 18.4 Å². The monoisotopic (exact) mass is 432 g/mol. The Morgan fingerprint density at radius 3 is 1.77 bits per heavy atom. The highest BCUT2D eigenvalue weighted by atomic mass is 16.5. The summed E-state index contributed by atoms with van der Waals surface area (Å²) in [5.41, 5.74) is 0.924. The molecule has 4 nitrogen and oxygen atoms in total. The minimum Gasteiger partial charge on any atom is -0.466 e. The normalized spacial score (nSPS) is 10.8. The molecule has 1 aromatic carbocycles. The van der Waals surface area contributed by atoms with Crippen molar-refractivity contribution in [2.45, 2.75) is 117 Å². The second-order valence-corrected chi connectivity index (χ2v) is 8.56. The molecule has 31 heavy (non-hydrogen) atoms. The van der Waals surface area contributed by atoms with Crippen LogP contribution < -0.4 is 4.74 Å². The SMILES string of the molecule is CCCCCCCCCCCCCCCOC(=O)CCCC(=O)Oc1ccccc1C. The number of para-hydroxylation sites is 1. The van der Waals surface area contributed by atoms with Gasteiger partial charge in [0.1, 0.15) is 5.75 Å². The summed E-state index contributed by atoms with van der Waals surface area (Å²) in [6.45, 7) is 4.65. The van der Waals surface area contributed by atoms with Gasteiger partial charge in [-0.3, -0.25) is 9.59 Å². The van der Waals surface area contributed by atoms with Crippen molar-refractivity contribution < 1.29 is 19.1 Å². The van der Waals surface area contributed by atoms with E-state index in [1.165, 1.54) is 70.6 Å². The Hall–Kier alpha value is -1.84. The summed E-state index contributed by atoms with van der Waals surface area (Å²) < 4.78 is 10.6. The van der Waals surface area contributed by atoms with Crippen LogP contribution in [0.15, 0.2) is 24.3 Å². The summed E-state index contributed by atoms with van der Waals surface area (Å²) in [6, 6.07) is 7.41. The van der Waals surface area contributed by atoms with E-state index in [0.29, 0.717) is 18.8 Å². The molecule has 0 atom stereocenters. The van der Waals surface area contributed by atoms with Crippen molar-refractivity contribution in [3.05, 3.63) is 29.8 Å². The highest BCUT2D eigenvalue weighted by Gasteiger charge is 2.09. The topological polar surface area (TPSA) is 52.6 Å². The van der Waals surface area contributed by atoms with E-state index < -0.39 is 0 Å². The lowest BCUT2D eigenvalue weighted by atomic mass is 10.0. The molecule has 0 saturated carbocycles. The maximum atomic E-state index is 11.9. The fourth-order valence-electron chi connectivity index (χ4n) is 3.60. The molecule has 0 fully saturated rings. The highest BCUT2D eigenvalue weighted by Crippen LogP contribution is 2.17. The molecule has 0 unspecified atom stereocenters. The second-order valence-electron chi connectivity index (χ2n) is 8.56. The van der Waals surface area contributed by atoms with Crippen LogP contribution in [0, 0.1) is 6.92 Å². The largest absolute Gasteiger partial charge is 0.466 e. The minimum atomic E-state index is -0.307. The summed E-state index contributed by atoms with van der Waals surface area (Å²) in [4.78, 5) is 23.6. The molecule has 0 aliphatic carbocycles. The van der Waals surface area contributed by atoms with Gasteiger partial charge >= 0.3 is 11.9 Å². The van der Waals surface area contributed by atoms with Gasteiger partial charge in [0.25, 0.3) is 0 Å². The predicted octanol–water partition coefficient (Wildman–Crippen LogP) is 7.71. The van der Waals surface area contributed by atoms with Crippen molar-refractivity contribution in [1.82, 2.24) is 0 Å². The third-order valence-electron chi connectivity index (χ3n) is 5.59. The van der Waals surface area contributed by atoms with Crippen LogP contribution in [0.2, 0.25) is 0 Å². The van der Waals surface area contributed by atoms with Crippen molar-refractivity contribution in [1.29, 1.82) is 0 Å². The van der Waals surface area contributed by atoms with E-state index in [4.69, 9.17) is 9.47 Å². The van der Waals surface area contributed by atoms with Crippen LogP contribution in [-0.2, 0) is 14.3 Å². The van der Waals surface area contributed by atoms with Gasteiger partial charge in [-0.1, -0.05) is 102 Å². The van der Waals surface area contributed by atoms with Crippen molar-refractivity contribution >= 4 is 11.9 Å². The summed E-state index contributed by atoms with van der Waals surface area (Å²) in [7, 11) is 0. The van der Waals surface area contributed by atoms with Gasteiger partial charge in [0.2, 0.25) is 0 Å². The van der Waals surface area contributed by atoms with Crippen molar-refractivity contribution in [3.63, 3.8) is 0 Å². The first kappa shape index (κ1) is 27.2. The van der Waals surface area contributed by atoms with Crippen LogP contribution in [0.3, 0.4) is 0 Å². The Balaban J connectivity index is 1.86. The Morgan fingerprint density at radius 1 is 0.677 bits per heavy atom.